The third-order valence-corrected chi connectivity index (χ3v) is 2.07. The lowest BCUT2D eigenvalue weighted by Crippen LogP contribution is -2.38. The number of hydrogen-bond donors (Lipinski definition) is 2. The van der Waals surface area contributed by atoms with Gasteiger partial charge in [0.1, 0.15) is 12.2 Å². The van der Waals surface area contributed by atoms with Crippen LogP contribution in [0.5, 0.6) is 0 Å². The lowest BCUT2D eigenvalue weighted by Gasteiger charge is -2.11. The highest BCUT2D eigenvalue weighted by atomic mass is 16.2. The molecule has 16 heavy (non-hydrogen) atoms. The molecular weight excluding hydrogens is 208 g/mol. The summed E-state index contributed by atoms with van der Waals surface area (Å²) in [7, 11) is 5.31. The summed E-state index contributed by atoms with van der Waals surface area (Å²) in [6, 6.07) is -0.0829. The Labute approximate surface area is 94.8 Å². The second-order valence-corrected chi connectivity index (χ2v) is 3.66. The molecule has 2 N–H and O–H groups in total. The van der Waals surface area contributed by atoms with Gasteiger partial charge in [-0.25, -0.2) is 4.79 Å². The number of rotatable bonds is 5. The molecule has 0 radical (unpaired) electrons. The summed E-state index contributed by atoms with van der Waals surface area (Å²) in [4.78, 5) is 12.7. The zero-order valence-corrected chi connectivity index (χ0v) is 9.90. The van der Waals surface area contributed by atoms with Crippen LogP contribution >= 0.6 is 0 Å². The zero-order valence-electron chi connectivity index (χ0n) is 9.90. The van der Waals surface area contributed by atoms with Gasteiger partial charge in [0, 0.05) is 34.2 Å². The van der Waals surface area contributed by atoms with Crippen molar-refractivity contribution >= 4 is 6.03 Å². The summed E-state index contributed by atoms with van der Waals surface area (Å²) in [5.41, 5.74) is 0. The topological polar surface area (TPSA) is 75.1 Å². The van der Waals surface area contributed by atoms with Crippen LogP contribution in [0.3, 0.4) is 0 Å². The highest BCUT2D eigenvalue weighted by Gasteiger charge is 2.01. The Kier molecular flexibility index (Phi) is 4.71. The average Bonchev–Trinajstić information content (AvgIpc) is 2.63. The van der Waals surface area contributed by atoms with Gasteiger partial charge in [0.2, 0.25) is 0 Å². The number of carbonyl (C=O) groups is 1. The van der Waals surface area contributed by atoms with Gasteiger partial charge in [0.25, 0.3) is 0 Å². The number of nitrogens with zero attached hydrogens (tertiary/aromatic N) is 4. The van der Waals surface area contributed by atoms with Crippen LogP contribution in [0.1, 0.15) is 5.82 Å². The van der Waals surface area contributed by atoms with Gasteiger partial charge in [0.05, 0.1) is 6.54 Å². The fourth-order valence-electron chi connectivity index (χ4n) is 1.08. The Morgan fingerprint density at radius 2 is 2.25 bits per heavy atom. The Hall–Kier alpha value is -1.63. The first kappa shape index (κ1) is 12.4. The molecule has 0 aliphatic carbocycles. The van der Waals surface area contributed by atoms with Crippen LogP contribution in [0.4, 0.5) is 4.79 Å². The van der Waals surface area contributed by atoms with Gasteiger partial charge in [-0.15, -0.1) is 10.2 Å². The molecule has 0 atom stereocenters. The maximum Gasteiger partial charge on any atom is 0.316 e. The van der Waals surface area contributed by atoms with Crippen molar-refractivity contribution < 1.29 is 4.79 Å². The van der Waals surface area contributed by atoms with Crippen molar-refractivity contribution in [3.63, 3.8) is 0 Å². The Morgan fingerprint density at radius 3 is 2.81 bits per heavy atom. The number of aryl methyl sites for hydroxylation is 1. The maximum atomic E-state index is 11.1. The number of urea groups is 1. The van der Waals surface area contributed by atoms with Crippen molar-refractivity contribution in [2.75, 3.05) is 27.2 Å². The minimum atomic E-state index is -0.0829. The fraction of sp³-hybridized carbons (Fsp3) is 0.667. The monoisotopic (exact) mass is 226 g/mol. The van der Waals surface area contributed by atoms with E-state index in [4.69, 9.17) is 0 Å². The second-order valence-electron chi connectivity index (χ2n) is 3.66. The van der Waals surface area contributed by atoms with Gasteiger partial charge in [-0.1, -0.05) is 0 Å². The lowest BCUT2D eigenvalue weighted by atomic mass is 10.5. The van der Waals surface area contributed by atoms with Crippen molar-refractivity contribution in [1.29, 1.82) is 0 Å². The molecule has 0 spiro atoms. The van der Waals surface area contributed by atoms with Crippen LogP contribution in [-0.2, 0) is 13.6 Å². The first-order valence-electron chi connectivity index (χ1n) is 5.10. The Bertz CT molecular complexity index is 334. The quantitative estimate of drug-likeness (QED) is 0.643. The summed E-state index contributed by atoms with van der Waals surface area (Å²) >= 11 is 0. The highest BCUT2D eigenvalue weighted by molar-refractivity contribution is 5.73. The molecule has 7 nitrogen and oxygen atoms in total. The van der Waals surface area contributed by atoms with Gasteiger partial charge in [-0.3, -0.25) is 0 Å². The first-order valence-corrected chi connectivity index (χ1v) is 5.10. The number of nitrogens with one attached hydrogen (secondary N) is 2. The zero-order chi connectivity index (χ0) is 12.0. The van der Waals surface area contributed by atoms with Crippen LogP contribution in [0, 0.1) is 0 Å². The van der Waals surface area contributed by atoms with E-state index in [1.165, 1.54) is 4.90 Å². The van der Waals surface area contributed by atoms with Gasteiger partial charge < -0.3 is 20.1 Å². The summed E-state index contributed by atoms with van der Waals surface area (Å²) in [5, 5.41) is 13.6. The molecule has 1 aromatic heterocycles. The van der Waals surface area contributed by atoms with Gasteiger partial charge in [-0.05, 0) is 0 Å². The third kappa shape index (κ3) is 3.85. The third-order valence-electron chi connectivity index (χ3n) is 2.07. The van der Waals surface area contributed by atoms with E-state index in [0.717, 1.165) is 5.82 Å². The first-order chi connectivity index (χ1) is 7.61. The Morgan fingerprint density at radius 1 is 1.50 bits per heavy atom. The van der Waals surface area contributed by atoms with Crippen molar-refractivity contribution in [3.8, 4) is 0 Å². The number of hydrogen-bond acceptors (Lipinski definition) is 4. The minimum Gasteiger partial charge on any atom is -0.337 e. The molecule has 0 bridgehead atoms. The molecule has 1 rings (SSSR count). The average molecular weight is 226 g/mol. The molecule has 0 aromatic carbocycles. The number of aromatic nitrogens is 3. The molecule has 0 fully saturated rings. The van der Waals surface area contributed by atoms with Crippen LogP contribution in [0.2, 0.25) is 0 Å². The minimum absolute atomic E-state index is 0.0829. The predicted molar refractivity (Wildman–Crippen MR) is 59.8 cm³/mol. The van der Waals surface area contributed by atoms with Crippen LogP contribution in [0.25, 0.3) is 0 Å². The summed E-state index contributed by atoms with van der Waals surface area (Å²) in [6.07, 6.45) is 1.66. The maximum absolute atomic E-state index is 11.1. The van der Waals surface area contributed by atoms with E-state index in [9.17, 15) is 4.79 Å². The van der Waals surface area contributed by atoms with Gasteiger partial charge >= 0.3 is 6.03 Å². The van der Waals surface area contributed by atoms with Crippen LogP contribution < -0.4 is 10.6 Å². The number of carbonyl (C=O) groups excluding carboxylic acids is 1. The Balaban J connectivity index is 2.09. The summed E-state index contributed by atoms with van der Waals surface area (Å²) in [6.45, 7) is 1.94. The molecule has 0 unspecified atom stereocenters. The van der Waals surface area contributed by atoms with Crippen molar-refractivity contribution in [2.45, 2.75) is 6.54 Å². The molecule has 2 amide bonds. The van der Waals surface area contributed by atoms with E-state index in [1.807, 2.05) is 11.6 Å². The van der Waals surface area contributed by atoms with E-state index in [-0.39, 0.29) is 6.03 Å². The smallest absolute Gasteiger partial charge is 0.316 e. The molecular formula is C9H18N6O. The standard InChI is InChI=1S/C9H18N6O/c1-14(2)9(16)11-5-4-10-6-8-13-12-7-15(8)3/h7,10H,4-6H2,1-3H3,(H,11,16). The lowest BCUT2D eigenvalue weighted by molar-refractivity contribution is 0.217. The van der Waals surface area contributed by atoms with Crippen molar-refractivity contribution in [2.24, 2.45) is 7.05 Å². The summed E-state index contributed by atoms with van der Waals surface area (Å²) < 4.78 is 1.85. The molecule has 0 saturated heterocycles. The van der Waals surface area contributed by atoms with E-state index < -0.39 is 0 Å². The van der Waals surface area contributed by atoms with Crippen molar-refractivity contribution in [3.05, 3.63) is 12.2 Å². The van der Waals surface area contributed by atoms with E-state index >= 15 is 0 Å². The summed E-state index contributed by atoms with van der Waals surface area (Å²) in [5.74, 6) is 0.874. The van der Waals surface area contributed by atoms with E-state index in [2.05, 4.69) is 20.8 Å². The van der Waals surface area contributed by atoms with Gasteiger partial charge in [-0.2, -0.15) is 0 Å². The second kappa shape index (κ2) is 6.06. The normalized spacial score (nSPS) is 10.2. The van der Waals surface area contributed by atoms with E-state index in [1.54, 1.807) is 20.4 Å². The number of amides is 2. The molecule has 1 heterocycles. The highest BCUT2D eigenvalue weighted by Crippen LogP contribution is 1.88. The largest absolute Gasteiger partial charge is 0.337 e. The molecule has 90 valence electrons. The molecule has 0 aliphatic heterocycles. The molecule has 0 aliphatic rings. The molecule has 1 aromatic rings. The molecule has 0 saturated carbocycles. The SMILES string of the molecule is CN(C)C(=O)NCCNCc1nncn1C. The van der Waals surface area contributed by atoms with Gasteiger partial charge in [0.15, 0.2) is 0 Å². The fourth-order valence-corrected chi connectivity index (χ4v) is 1.08. The molecule has 7 heteroatoms. The van der Waals surface area contributed by atoms with E-state index in [0.29, 0.717) is 19.6 Å². The van der Waals surface area contributed by atoms with Crippen molar-refractivity contribution in [1.82, 2.24) is 30.3 Å². The predicted octanol–water partition coefficient (Wildman–Crippen LogP) is -0.824. The van der Waals surface area contributed by atoms with Crippen LogP contribution in [-0.4, -0.2) is 52.9 Å². The van der Waals surface area contributed by atoms with Crippen LogP contribution in [0.15, 0.2) is 6.33 Å².